The first-order valence-electron chi connectivity index (χ1n) is 15.2. The number of hydrogen-bond acceptors (Lipinski definition) is 5. The smallest absolute Gasteiger partial charge is 0.264 e. The number of ether oxygens (including phenoxy) is 1. The van der Waals surface area contributed by atoms with E-state index in [1.807, 2.05) is 50.2 Å². The van der Waals surface area contributed by atoms with Gasteiger partial charge in [-0.2, -0.15) is 0 Å². The highest BCUT2D eigenvalue weighted by Crippen LogP contribution is 2.27. The Morgan fingerprint density at radius 3 is 2.20 bits per heavy atom. The summed E-state index contributed by atoms with van der Waals surface area (Å²) in [5.74, 6) is -0.348. The topological polar surface area (TPSA) is 96.0 Å². The number of hydrogen-bond donors (Lipinski definition) is 1. The Morgan fingerprint density at radius 2 is 1.57 bits per heavy atom. The molecule has 0 aliphatic rings. The highest BCUT2D eigenvalue weighted by molar-refractivity contribution is 7.92. The number of carbonyl (C=O) groups is 2. The number of anilines is 1. The van der Waals surface area contributed by atoms with E-state index in [0.717, 1.165) is 28.3 Å². The summed E-state index contributed by atoms with van der Waals surface area (Å²) in [7, 11) is -2.71. The summed E-state index contributed by atoms with van der Waals surface area (Å²) in [6, 6.07) is 28.5. The van der Waals surface area contributed by atoms with Gasteiger partial charge in [0.25, 0.3) is 10.0 Å². The minimum Gasteiger partial charge on any atom is -0.497 e. The lowest BCUT2D eigenvalue weighted by Crippen LogP contribution is -2.53. The summed E-state index contributed by atoms with van der Waals surface area (Å²) in [6.07, 6.45) is 1.91. The van der Waals surface area contributed by atoms with Crippen LogP contribution >= 0.6 is 11.6 Å². The van der Waals surface area contributed by atoms with Crippen LogP contribution in [0.4, 0.5) is 5.69 Å². The number of aryl methyl sites for hydroxylation is 1. The Labute approximate surface area is 277 Å². The van der Waals surface area contributed by atoms with Crippen LogP contribution < -0.4 is 14.4 Å². The van der Waals surface area contributed by atoms with Crippen molar-refractivity contribution in [2.24, 2.45) is 0 Å². The van der Waals surface area contributed by atoms with E-state index in [2.05, 4.69) is 5.32 Å². The number of unbranched alkanes of at least 4 members (excludes halogenated alkanes) is 1. The van der Waals surface area contributed by atoms with Gasteiger partial charge in [-0.3, -0.25) is 13.9 Å². The molecule has 0 heterocycles. The van der Waals surface area contributed by atoms with Gasteiger partial charge in [-0.15, -0.1) is 0 Å². The van der Waals surface area contributed by atoms with Gasteiger partial charge >= 0.3 is 0 Å². The van der Waals surface area contributed by atoms with Crippen molar-refractivity contribution in [1.82, 2.24) is 10.2 Å². The Kier molecular flexibility index (Phi) is 12.2. The van der Waals surface area contributed by atoms with Crippen LogP contribution in [-0.4, -0.2) is 51.4 Å². The summed E-state index contributed by atoms with van der Waals surface area (Å²) >= 11 is 6.31. The van der Waals surface area contributed by atoms with Crippen molar-refractivity contribution in [1.29, 1.82) is 0 Å². The molecular weight excluding hydrogens is 622 g/mol. The Hall–Kier alpha value is -4.34. The van der Waals surface area contributed by atoms with Gasteiger partial charge in [-0.25, -0.2) is 8.42 Å². The lowest BCUT2D eigenvalue weighted by atomic mass is 10.0. The molecule has 1 N–H and O–H groups in total. The lowest BCUT2D eigenvalue weighted by molar-refractivity contribution is -0.140. The molecule has 4 rings (SSSR count). The quantitative estimate of drug-likeness (QED) is 0.149. The van der Waals surface area contributed by atoms with Crippen molar-refractivity contribution < 1.29 is 22.7 Å². The molecule has 0 spiro atoms. The number of benzene rings is 4. The molecule has 242 valence electrons. The van der Waals surface area contributed by atoms with E-state index < -0.39 is 28.5 Å². The number of methoxy groups -OCH3 is 1. The molecule has 46 heavy (non-hydrogen) atoms. The maximum absolute atomic E-state index is 14.5. The van der Waals surface area contributed by atoms with E-state index >= 15 is 0 Å². The van der Waals surface area contributed by atoms with Gasteiger partial charge in [0.2, 0.25) is 11.8 Å². The van der Waals surface area contributed by atoms with Crippen LogP contribution in [0.5, 0.6) is 5.75 Å². The minimum absolute atomic E-state index is 0.00112. The summed E-state index contributed by atoms with van der Waals surface area (Å²) in [4.78, 5) is 29.8. The predicted octanol–water partition coefficient (Wildman–Crippen LogP) is 6.41. The van der Waals surface area contributed by atoms with Crippen molar-refractivity contribution in [2.45, 2.75) is 50.6 Å². The van der Waals surface area contributed by atoms with Gasteiger partial charge in [-0.1, -0.05) is 85.1 Å². The normalized spacial score (nSPS) is 11.8. The lowest BCUT2D eigenvalue weighted by Gasteiger charge is -2.34. The molecular formula is C36H40ClN3O5S. The predicted molar refractivity (Wildman–Crippen MR) is 183 cm³/mol. The fourth-order valence-corrected chi connectivity index (χ4v) is 6.63. The van der Waals surface area contributed by atoms with Crippen LogP contribution in [0.15, 0.2) is 108 Å². The highest BCUT2D eigenvalue weighted by Gasteiger charge is 2.34. The molecule has 4 aromatic rings. The van der Waals surface area contributed by atoms with Gasteiger partial charge in [0.1, 0.15) is 18.3 Å². The molecule has 0 saturated carbocycles. The first-order chi connectivity index (χ1) is 22.1. The number of rotatable bonds is 15. The van der Waals surface area contributed by atoms with Crippen molar-refractivity contribution in [3.05, 3.63) is 125 Å². The third-order valence-electron chi connectivity index (χ3n) is 7.59. The zero-order valence-corrected chi connectivity index (χ0v) is 27.9. The molecule has 8 nitrogen and oxygen atoms in total. The van der Waals surface area contributed by atoms with E-state index in [-0.39, 0.29) is 23.8 Å². The molecule has 0 bridgehead atoms. The minimum atomic E-state index is -4.21. The molecule has 0 aromatic heterocycles. The van der Waals surface area contributed by atoms with Crippen molar-refractivity contribution in [2.75, 3.05) is 24.5 Å². The van der Waals surface area contributed by atoms with E-state index in [9.17, 15) is 18.0 Å². The largest absolute Gasteiger partial charge is 0.497 e. The maximum atomic E-state index is 14.5. The number of nitrogens with zero attached hydrogens (tertiary/aromatic N) is 2. The average molecular weight is 662 g/mol. The standard InChI is InChI=1S/C36H40ClN3O5S/c1-4-5-22-38-36(42)34(24-28-10-7-6-8-11-28)39(25-29-12-9-13-30(37)23-29)35(41)26-40(31-16-14-27(2)15-17-31)46(43,44)33-20-18-32(45-3)19-21-33/h6-21,23,34H,4-5,22,24-26H2,1-3H3,(H,38,42)/t34-/m1/s1. The van der Waals surface area contributed by atoms with Crippen LogP contribution in [0.1, 0.15) is 36.5 Å². The van der Waals surface area contributed by atoms with Gasteiger partial charge in [-0.05, 0) is 73.0 Å². The van der Waals surface area contributed by atoms with Crippen LogP contribution in [0.3, 0.4) is 0 Å². The monoisotopic (exact) mass is 661 g/mol. The van der Waals surface area contributed by atoms with Gasteiger partial charge in [0, 0.05) is 24.5 Å². The molecule has 0 aliphatic carbocycles. The molecule has 0 aliphatic heterocycles. The maximum Gasteiger partial charge on any atom is 0.264 e. The van der Waals surface area contributed by atoms with Gasteiger partial charge in [0.05, 0.1) is 17.7 Å². The van der Waals surface area contributed by atoms with E-state index in [1.165, 1.54) is 24.1 Å². The van der Waals surface area contributed by atoms with E-state index in [4.69, 9.17) is 16.3 Å². The Balaban J connectivity index is 1.78. The van der Waals surface area contributed by atoms with Crippen molar-refractivity contribution >= 4 is 39.1 Å². The fraction of sp³-hybridized carbons (Fsp3) is 0.278. The Morgan fingerprint density at radius 1 is 0.891 bits per heavy atom. The Bertz CT molecular complexity index is 1700. The number of carbonyl (C=O) groups excluding carboxylic acids is 2. The van der Waals surface area contributed by atoms with Crippen molar-refractivity contribution in [3.63, 3.8) is 0 Å². The van der Waals surface area contributed by atoms with Crippen LogP contribution in [-0.2, 0) is 32.6 Å². The summed E-state index contributed by atoms with van der Waals surface area (Å²) < 4.78 is 34.6. The summed E-state index contributed by atoms with van der Waals surface area (Å²) in [5, 5.41) is 3.48. The third kappa shape index (κ3) is 9.11. The number of halogens is 1. The molecule has 4 aromatic carbocycles. The number of nitrogens with one attached hydrogen (secondary N) is 1. The van der Waals surface area contributed by atoms with Gasteiger partial charge < -0.3 is 15.0 Å². The van der Waals surface area contributed by atoms with E-state index in [1.54, 1.807) is 54.6 Å². The molecule has 1 atom stereocenters. The second-order valence-electron chi connectivity index (χ2n) is 11.0. The zero-order valence-electron chi connectivity index (χ0n) is 26.4. The first kappa shape index (κ1) is 34.5. The molecule has 10 heteroatoms. The molecule has 0 fully saturated rings. The number of amides is 2. The highest BCUT2D eigenvalue weighted by atomic mass is 35.5. The molecule has 0 unspecified atom stereocenters. The third-order valence-corrected chi connectivity index (χ3v) is 9.61. The van der Waals surface area contributed by atoms with Crippen LogP contribution in [0.2, 0.25) is 5.02 Å². The first-order valence-corrected chi connectivity index (χ1v) is 17.0. The molecule has 2 amide bonds. The van der Waals surface area contributed by atoms with Gasteiger partial charge in [0.15, 0.2) is 0 Å². The second-order valence-corrected chi connectivity index (χ2v) is 13.3. The van der Waals surface area contributed by atoms with Crippen LogP contribution in [0.25, 0.3) is 0 Å². The fourth-order valence-electron chi connectivity index (χ4n) is 5.01. The second kappa shape index (κ2) is 16.3. The van der Waals surface area contributed by atoms with Crippen LogP contribution in [0, 0.1) is 6.92 Å². The van der Waals surface area contributed by atoms with E-state index in [0.29, 0.717) is 28.6 Å². The summed E-state index contributed by atoms with van der Waals surface area (Å²) in [6.45, 7) is 3.90. The molecule has 0 saturated heterocycles. The number of sulfonamides is 1. The molecule has 0 radical (unpaired) electrons. The van der Waals surface area contributed by atoms with Crippen molar-refractivity contribution in [3.8, 4) is 5.75 Å². The SMILES string of the molecule is CCCCNC(=O)[C@@H](Cc1ccccc1)N(Cc1cccc(Cl)c1)C(=O)CN(c1ccc(C)cc1)S(=O)(=O)c1ccc(OC)cc1. The summed E-state index contributed by atoms with van der Waals surface area (Å²) in [5.41, 5.74) is 2.83. The average Bonchev–Trinajstić information content (AvgIpc) is 3.06. The zero-order chi connectivity index (χ0) is 33.1.